The van der Waals surface area contributed by atoms with Crippen molar-refractivity contribution >= 4 is 17.5 Å². The number of anilines is 1. The van der Waals surface area contributed by atoms with Gasteiger partial charge < -0.3 is 4.90 Å². The second-order valence-electron chi connectivity index (χ2n) is 5.75. The molecule has 110 valence electrons. The monoisotopic (exact) mass is 292 g/mol. The van der Waals surface area contributed by atoms with Crippen LogP contribution in [0.25, 0.3) is 11.1 Å². The zero-order valence-corrected chi connectivity index (χ0v) is 12.1. The van der Waals surface area contributed by atoms with Crippen molar-refractivity contribution in [2.24, 2.45) is 0 Å². The highest BCUT2D eigenvalue weighted by molar-refractivity contribution is 6.07. The van der Waals surface area contributed by atoms with E-state index in [1.165, 1.54) is 16.7 Å². The number of carbonyl (C=O) groups excluding carboxylic acids is 2. The normalized spacial score (nSPS) is 20.2. The third-order valence-corrected chi connectivity index (χ3v) is 4.47. The molecule has 0 bridgehead atoms. The fourth-order valence-electron chi connectivity index (χ4n) is 3.46. The standard InChI is InChI=1S/C18H16N2O2/c21-17-11-16(18(22)19-17)20-10-9-14-13(7-4-8-15(14)20)12-5-2-1-3-6-12/h1-8,16H,9-11H2,(H,19,21,22). The lowest BCUT2D eigenvalue weighted by Crippen LogP contribution is -2.39. The van der Waals surface area contributed by atoms with Gasteiger partial charge in [-0.3, -0.25) is 14.9 Å². The first-order chi connectivity index (χ1) is 10.7. The van der Waals surface area contributed by atoms with Gasteiger partial charge in [0.15, 0.2) is 0 Å². The van der Waals surface area contributed by atoms with Crippen LogP contribution in [-0.4, -0.2) is 24.4 Å². The van der Waals surface area contributed by atoms with Crippen LogP contribution in [0.15, 0.2) is 48.5 Å². The molecular formula is C18H16N2O2. The van der Waals surface area contributed by atoms with Crippen LogP contribution >= 0.6 is 0 Å². The summed E-state index contributed by atoms with van der Waals surface area (Å²) in [6.07, 6.45) is 1.16. The Balaban J connectivity index is 1.75. The van der Waals surface area contributed by atoms with Gasteiger partial charge in [-0.25, -0.2) is 0 Å². The summed E-state index contributed by atoms with van der Waals surface area (Å²) < 4.78 is 0. The van der Waals surface area contributed by atoms with Gasteiger partial charge in [0.2, 0.25) is 11.8 Å². The molecule has 1 unspecified atom stereocenters. The van der Waals surface area contributed by atoms with Crippen LogP contribution in [0.1, 0.15) is 12.0 Å². The molecule has 4 nitrogen and oxygen atoms in total. The first-order valence-electron chi connectivity index (χ1n) is 7.52. The molecule has 0 radical (unpaired) electrons. The van der Waals surface area contributed by atoms with Crippen LogP contribution in [0.2, 0.25) is 0 Å². The highest BCUT2D eigenvalue weighted by atomic mass is 16.2. The van der Waals surface area contributed by atoms with E-state index in [2.05, 4.69) is 28.4 Å². The molecule has 2 aliphatic heterocycles. The van der Waals surface area contributed by atoms with Gasteiger partial charge in [-0.15, -0.1) is 0 Å². The van der Waals surface area contributed by atoms with Gasteiger partial charge in [0.05, 0.1) is 6.42 Å². The van der Waals surface area contributed by atoms with Crippen LogP contribution in [0, 0.1) is 0 Å². The summed E-state index contributed by atoms with van der Waals surface area (Å²) in [7, 11) is 0. The van der Waals surface area contributed by atoms with Gasteiger partial charge >= 0.3 is 0 Å². The average Bonchev–Trinajstić information content (AvgIpc) is 3.10. The number of hydrogen-bond donors (Lipinski definition) is 1. The van der Waals surface area contributed by atoms with Crippen LogP contribution in [0.5, 0.6) is 0 Å². The first-order valence-corrected chi connectivity index (χ1v) is 7.52. The third-order valence-electron chi connectivity index (χ3n) is 4.47. The molecule has 0 aromatic heterocycles. The van der Waals surface area contributed by atoms with Crippen molar-refractivity contribution in [1.82, 2.24) is 5.32 Å². The van der Waals surface area contributed by atoms with Crippen molar-refractivity contribution in [3.8, 4) is 11.1 Å². The first kappa shape index (κ1) is 13.1. The maximum Gasteiger partial charge on any atom is 0.249 e. The number of hydrogen-bond acceptors (Lipinski definition) is 3. The molecular weight excluding hydrogens is 276 g/mol. The van der Waals surface area contributed by atoms with E-state index in [1.807, 2.05) is 30.3 Å². The minimum absolute atomic E-state index is 0.178. The van der Waals surface area contributed by atoms with Crippen molar-refractivity contribution in [3.05, 3.63) is 54.1 Å². The fourth-order valence-corrected chi connectivity index (χ4v) is 3.46. The number of amides is 2. The zero-order valence-electron chi connectivity index (χ0n) is 12.1. The van der Waals surface area contributed by atoms with Crippen LogP contribution < -0.4 is 10.2 Å². The molecule has 0 spiro atoms. The molecule has 2 aliphatic rings. The van der Waals surface area contributed by atoms with Crippen molar-refractivity contribution in [2.75, 3.05) is 11.4 Å². The molecule has 0 aliphatic carbocycles. The maximum absolute atomic E-state index is 12.0. The third kappa shape index (κ3) is 1.99. The lowest BCUT2D eigenvalue weighted by molar-refractivity contribution is -0.125. The average molecular weight is 292 g/mol. The summed E-state index contributed by atoms with van der Waals surface area (Å²) in [5, 5.41) is 2.40. The molecule has 1 atom stereocenters. The van der Waals surface area contributed by atoms with Crippen LogP contribution in [0.4, 0.5) is 5.69 Å². The molecule has 2 aromatic rings. The van der Waals surface area contributed by atoms with Crippen molar-refractivity contribution in [1.29, 1.82) is 0 Å². The van der Waals surface area contributed by atoms with Gasteiger partial charge in [0.1, 0.15) is 6.04 Å². The highest BCUT2D eigenvalue weighted by Gasteiger charge is 2.38. The number of benzene rings is 2. The number of imide groups is 1. The lowest BCUT2D eigenvalue weighted by atomic mass is 9.98. The number of carbonyl (C=O) groups is 2. The number of rotatable bonds is 2. The summed E-state index contributed by atoms with van der Waals surface area (Å²) in [5.41, 5.74) is 4.75. The van der Waals surface area contributed by atoms with Gasteiger partial charge in [-0.2, -0.15) is 0 Å². The molecule has 4 heteroatoms. The zero-order chi connectivity index (χ0) is 15.1. The Labute approximate surface area is 128 Å². The van der Waals surface area contributed by atoms with Crippen molar-refractivity contribution < 1.29 is 9.59 Å². The molecule has 1 saturated heterocycles. The number of nitrogens with one attached hydrogen (secondary N) is 1. The minimum atomic E-state index is -0.361. The summed E-state index contributed by atoms with van der Waals surface area (Å²) in [6.45, 7) is 0.782. The van der Waals surface area contributed by atoms with E-state index in [-0.39, 0.29) is 24.3 Å². The Morgan fingerprint density at radius 2 is 1.82 bits per heavy atom. The van der Waals surface area contributed by atoms with Gasteiger partial charge in [-0.05, 0) is 29.2 Å². The SMILES string of the molecule is O=C1CC(N2CCc3c(-c4ccccc4)cccc32)C(=O)N1. The summed E-state index contributed by atoms with van der Waals surface area (Å²) in [5.74, 6) is -0.356. The molecule has 2 heterocycles. The fraction of sp³-hybridized carbons (Fsp3) is 0.222. The minimum Gasteiger partial charge on any atom is -0.359 e. The Morgan fingerprint density at radius 3 is 2.55 bits per heavy atom. The molecule has 22 heavy (non-hydrogen) atoms. The predicted octanol–water partition coefficient (Wildman–Crippen LogP) is 2.13. The summed E-state index contributed by atoms with van der Waals surface area (Å²) >= 11 is 0. The van der Waals surface area contributed by atoms with Gasteiger partial charge in [0, 0.05) is 12.2 Å². The van der Waals surface area contributed by atoms with E-state index in [0.29, 0.717) is 0 Å². The van der Waals surface area contributed by atoms with E-state index < -0.39 is 0 Å². The van der Waals surface area contributed by atoms with E-state index in [4.69, 9.17) is 0 Å². The highest BCUT2D eigenvalue weighted by Crippen LogP contribution is 2.37. The summed E-state index contributed by atoms with van der Waals surface area (Å²) in [6, 6.07) is 16.1. The predicted molar refractivity (Wildman–Crippen MR) is 84.5 cm³/mol. The van der Waals surface area contributed by atoms with Crippen molar-refractivity contribution in [2.45, 2.75) is 18.9 Å². The number of nitrogens with zero attached hydrogens (tertiary/aromatic N) is 1. The molecule has 0 saturated carbocycles. The Kier molecular flexibility index (Phi) is 2.96. The van der Waals surface area contributed by atoms with E-state index in [1.54, 1.807) is 0 Å². The molecule has 1 N–H and O–H groups in total. The Morgan fingerprint density at radius 1 is 1.00 bits per heavy atom. The Hall–Kier alpha value is -2.62. The smallest absolute Gasteiger partial charge is 0.249 e. The molecule has 4 rings (SSSR count). The largest absolute Gasteiger partial charge is 0.359 e. The maximum atomic E-state index is 12.0. The Bertz CT molecular complexity index is 755. The molecule has 2 amide bonds. The summed E-state index contributed by atoms with van der Waals surface area (Å²) in [4.78, 5) is 25.5. The van der Waals surface area contributed by atoms with Crippen LogP contribution in [-0.2, 0) is 16.0 Å². The topological polar surface area (TPSA) is 49.4 Å². The van der Waals surface area contributed by atoms with E-state index >= 15 is 0 Å². The van der Waals surface area contributed by atoms with Crippen LogP contribution in [0.3, 0.4) is 0 Å². The molecule has 1 fully saturated rings. The molecule has 2 aromatic carbocycles. The second-order valence-corrected chi connectivity index (χ2v) is 5.75. The van der Waals surface area contributed by atoms with Gasteiger partial charge in [-0.1, -0.05) is 42.5 Å². The van der Waals surface area contributed by atoms with Crippen molar-refractivity contribution in [3.63, 3.8) is 0 Å². The second kappa shape index (κ2) is 4.98. The van der Waals surface area contributed by atoms with Gasteiger partial charge in [0.25, 0.3) is 0 Å². The van der Waals surface area contributed by atoms with E-state index in [9.17, 15) is 9.59 Å². The lowest BCUT2D eigenvalue weighted by Gasteiger charge is -2.24. The number of fused-ring (bicyclic) bond motifs is 1. The van der Waals surface area contributed by atoms with E-state index in [0.717, 1.165) is 18.7 Å². The quantitative estimate of drug-likeness (QED) is 0.863.